The van der Waals surface area contributed by atoms with E-state index in [9.17, 15) is 14.7 Å². The lowest BCUT2D eigenvalue weighted by Crippen LogP contribution is -2.09. The van der Waals surface area contributed by atoms with E-state index >= 15 is 0 Å². The highest BCUT2D eigenvalue weighted by Crippen LogP contribution is 2.23. The molecule has 3 aromatic heterocycles. The van der Waals surface area contributed by atoms with Crippen molar-refractivity contribution in [1.82, 2.24) is 14.4 Å². The number of carbonyl (C=O) groups is 2. The summed E-state index contributed by atoms with van der Waals surface area (Å²) in [7, 11) is 1.26. The van der Waals surface area contributed by atoms with E-state index in [1.807, 2.05) is 0 Å². The van der Waals surface area contributed by atoms with Gasteiger partial charge in [0.15, 0.2) is 11.5 Å². The average Bonchev–Trinajstić information content (AvgIpc) is 2.95. The molecule has 0 saturated carbocycles. The summed E-state index contributed by atoms with van der Waals surface area (Å²) in [5.41, 5.74) is 0.796. The molecule has 3 heterocycles. The number of rotatable bonds is 3. The Morgan fingerprint density at radius 3 is 2.64 bits per heavy atom. The third-order valence-corrected chi connectivity index (χ3v) is 3.15. The fourth-order valence-corrected chi connectivity index (χ4v) is 2.22. The molecular weight excluding hydrogens is 286 g/mol. The van der Waals surface area contributed by atoms with Crippen LogP contribution < -0.4 is 0 Å². The van der Waals surface area contributed by atoms with Gasteiger partial charge in [0, 0.05) is 6.20 Å². The van der Waals surface area contributed by atoms with Crippen molar-refractivity contribution in [2.45, 2.75) is 0 Å². The van der Waals surface area contributed by atoms with E-state index < -0.39 is 11.9 Å². The molecule has 3 rings (SSSR count). The molecule has 0 bridgehead atoms. The fourth-order valence-electron chi connectivity index (χ4n) is 2.22. The molecule has 7 nitrogen and oxygen atoms in total. The highest BCUT2D eigenvalue weighted by Gasteiger charge is 2.22. The molecule has 0 amide bonds. The van der Waals surface area contributed by atoms with Gasteiger partial charge < -0.3 is 9.84 Å². The number of imidazole rings is 1. The monoisotopic (exact) mass is 297 g/mol. The minimum atomic E-state index is -1.18. The Balaban J connectivity index is 2.41. The molecule has 110 valence electrons. The third kappa shape index (κ3) is 2.08. The molecule has 0 aliphatic rings. The van der Waals surface area contributed by atoms with Crippen molar-refractivity contribution in [2.75, 3.05) is 7.11 Å². The fraction of sp³-hybridized carbons (Fsp3) is 0.0667. The van der Waals surface area contributed by atoms with Crippen molar-refractivity contribution in [3.05, 3.63) is 54.0 Å². The van der Waals surface area contributed by atoms with Gasteiger partial charge in [-0.3, -0.25) is 9.38 Å². The van der Waals surface area contributed by atoms with E-state index in [4.69, 9.17) is 4.74 Å². The first kappa shape index (κ1) is 13.7. The van der Waals surface area contributed by atoms with Crippen molar-refractivity contribution in [2.24, 2.45) is 0 Å². The van der Waals surface area contributed by atoms with Crippen LogP contribution in [0.5, 0.6) is 0 Å². The topological polar surface area (TPSA) is 93.8 Å². The predicted molar refractivity (Wildman–Crippen MR) is 76.7 cm³/mol. The van der Waals surface area contributed by atoms with Crippen molar-refractivity contribution < 1.29 is 19.4 Å². The average molecular weight is 297 g/mol. The van der Waals surface area contributed by atoms with Gasteiger partial charge in [-0.1, -0.05) is 12.1 Å². The second-order valence-corrected chi connectivity index (χ2v) is 4.43. The standard InChI is InChI=1S/C15H11N3O4/c1-22-15(21)11-7-4-6-10-12(14(19)20)17-13(18(10)11)9-5-2-3-8-16-9/h2-8H,1H3,(H,19,20). The molecule has 0 aliphatic heterocycles. The Morgan fingerprint density at radius 1 is 1.18 bits per heavy atom. The molecule has 0 aromatic carbocycles. The van der Waals surface area contributed by atoms with E-state index in [2.05, 4.69) is 9.97 Å². The Kier molecular flexibility index (Phi) is 3.30. The van der Waals surface area contributed by atoms with Crippen molar-refractivity contribution in [3.8, 4) is 11.5 Å². The number of nitrogens with zero attached hydrogens (tertiary/aromatic N) is 3. The number of ether oxygens (including phenoxy) is 1. The second-order valence-electron chi connectivity index (χ2n) is 4.43. The van der Waals surface area contributed by atoms with Crippen molar-refractivity contribution >= 4 is 17.5 Å². The molecule has 0 atom stereocenters. The maximum absolute atomic E-state index is 12.0. The number of aromatic nitrogens is 3. The number of esters is 1. The molecule has 0 unspecified atom stereocenters. The molecule has 0 spiro atoms. The zero-order chi connectivity index (χ0) is 15.7. The minimum Gasteiger partial charge on any atom is -0.476 e. The van der Waals surface area contributed by atoms with Crippen LogP contribution in [0.1, 0.15) is 21.0 Å². The van der Waals surface area contributed by atoms with Crippen molar-refractivity contribution in [1.29, 1.82) is 0 Å². The van der Waals surface area contributed by atoms with Gasteiger partial charge in [-0.15, -0.1) is 0 Å². The number of hydrogen-bond donors (Lipinski definition) is 1. The first-order valence-corrected chi connectivity index (χ1v) is 6.38. The molecule has 22 heavy (non-hydrogen) atoms. The lowest BCUT2D eigenvalue weighted by atomic mass is 10.2. The first-order valence-electron chi connectivity index (χ1n) is 6.38. The van der Waals surface area contributed by atoms with Gasteiger partial charge in [-0.25, -0.2) is 14.6 Å². The van der Waals surface area contributed by atoms with Crippen LogP contribution >= 0.6 is 0 Å². The molecule has 0 saturated heterocycles. The van der Waals surface area contributed by atoms with Crippen LogP contribution in [0.3, 0.4) is 0 Å². The summed E-state index contributed by atoms with van der Waals surface area (Å²) in [5.74, 6) is -1.49. The summed E-state index contributed by atoms with van der Waals surface area (Å²) in [6.45, 7) is 0. The van der Waals surface area contributed by atoms with Gasteiger partial charge in [0.1, 0.15) is 11.4 Å². The van der Waals surface area contributed by atoms with E-state index in [-0.39, 0.29) is 17.2 Å². The van der Waals surface area contributed by atoms with Crippen LogP contribution in [0, 0.1) is 0 Å². The van der Waals surface area contributed by atoms with E-state index in [1.54, 1.807) is 42.6 Å². The SMILES string of the molecule is COC(=O)c1cccc2c(C(=O)O)nc(-c3ccccn3)n12. The number of hydrogen-bond acceptors (Lipinski definition) is 5. The zero-order valence-corrected chi connectivity index (χ0v) is 11.6. The zero-order valence-electron chi connectivity index (χ0n) is 11.6. The minimum absolute atomic E-state index is 0.147. The summed E-state index contributed by atoms with van der Waals surface area (Å²) in [5, 5.41) is 9.32. The van der Waals surface area contributed by atoms with Gasteiger partial charge in [-0.05, 0) is 24.3 Å². The molecule has 3 aromatic rings. The van der Waals surface area contributed by atoms with E-state index in [1.165, 1.54) is 11.5 Å². The van der Waals surface area contributed by atoms with Gasteiger partial charge in [0.05, 0.1) is 12.6 Å². The van der Waals surface area contributed by atoms with E-state index in [0.717, 1.165) is 0 Å². The van der Waals surface area contributed by atoms with Crippen molar-refractivity contribution in [3.63, 3.8) is 0 Å². The number of carboxylic acids is 1. The van der Waals surface area contributed by atoms with E-state index in [0.29, 0.717) is 11.2 Å². The van der Waals surface area contributed by atoms with Crippen LogP contribution in [0.25, 0.3) is 17.0 Å². The number of aromatic carboxylic acids is 1. The lowest BCUT2D eigenvalue weighted by molar-refractivity contribution is 0.0591. The molecular formula is C15H11N3O4. The molecule has 0 radical (unpaired) electrons. The quantitative estimate of drug-likeness (QED) is 0.742. The molecule has 0 aliphatic carbocycles. The van der Waals surface area contributed by atoms with Crippen LogP contribution in [0.2, 0.25) is 0 Å². The summed E-state index contributed by atoms with van der Waals surface area (Å²) in [6.07, 6.45) is 1.57. The predicted octanol–water partition coefficient (Wildman–Crippen LogP) is 1.88. The Hall–Kier alpha value is -3.22. The number of methoxy groups -OCH3 is 1. The highest BCUT2D eigenvalue weighted by atomic mass is 16.5. The Morgan fingerprint density at radius 2 is 2.00 bits per heavy atom. The summed E-state index contributed by atoms with van der Waals surface area (Å²) >= 11 is 0. The number of carbonyl (C=O) groups excluding carboxylic acids is 1. The van der Waals surface area contributed by atoms with Crippen LogP contribution in [-0.2, 0) is 4.74 Å². The maximum Gasteiger partial charge on any atom is 0.356 e. The van der Waals surface area contributed by atoms with Gasteiger partial charge >= 0.3 is 11.9 Å². The van der Waals surface area contributed by atoms with Crippen LogP contribution in [0.4, 0.5) is 0 Å². The highest BCUT2D eigenvalue weighted by molar-refractivity contribution is 5.97. The number of carboxylic acid groups (broad SMARTS) is 1. The molecule has 7 heteroatoms. The summed E-state index contributed by atoms with van der Waals surface area (Å²) in [6, 6.07) is 9.88. The first-order chi connectivity index (χ1) is 10.6. The largest absolute Gasteiger partial charge is 0.476 e. The van der Waals surface area contributed by atoms with Crippen LogP contribution in [-0.4, -0.2) is 38.5 Å². The second kappa shape index (κ2) is 5.28. The summed E-state index contributed by atoms with van der Waals surface area (Å²) < 4.78 is 6.19. The Bertz CT molecular complexity index is 871. The summed E-state index contributed by atoms with van der Waals surface area (Å²) in [4.78, 5) is 31.6. The normalized spacial score (nSPS) is 10.6. The third-order valence-electron chi connectivity index (χ3n) is 3.15. The number of pyridine rings is 2. The number of fused-ring (bicyclic) bond motifs is 1. The van der Waals surface area contributed by atoms with Crippen LogP contribution in [0.15, 0.2) is 42.6 Å². The molecule has 1 N–H and O–H groups in total. The van der Waals surface area contributed by atoms with Gasteiger partial charge in [0.2, 0.25) is 0 Å². The smallest absolute Gasteiger partial charge is 0.356 e. The van der Waals surface area contributed by atoms with Gasteiger partial charge in [0.25, 0.3) is 0 Å². The molecule has 0 fully saturated rings. The Labute approximate surface area is 124 Å². The maximum atomic E-state index is 12.0. The van der Waals surface area contributed by atoms with Gasteiger partial charge in [-0.2, -0.15) is 0 Å². The lowest BCUT2D eigenvalue weighted by Gasteiger charge is -2.06.